The second-order valence-corrected chi connectivity index (χ2v) is 5.33. The highest BCUT2D eigenvalue weighted by molar-refractivity contribution is 9.10. The zero-order chi connectivity index (χ0) is 14.8. The maximum absolute atomic E-state index is 7.28. The summed E-state index contributed by atoms with van der Waals surface area (Å²) in [7, 11) is 1.68. The van der Waals surface area contributed by atoms with Crippen molar-refractivity contribution in [3.05, 3.63) is 28.7 Å². The molecular weight excluding hydrogens is 322 g/mol. The molecule has 0 saturated heterocycles. The van der Waals surface area contributed by atoms with Crippen LogP contribution >= 0.6 is 15.9 Å². The molecule has 0 aliphatic rings. The van der Waals surface area contributed by atoms with E-state index in [1.807, 2.05) is 24.3 Å². The zero-order valence-electron chi connectivity index (χ0n) is 11.8. The highest BCUT2D eigenvalue weighted by atomic mass is 79.9. The van der Waals surface area contributed by atoms with Crippen LogP contribution in [0.3, 0.4) is 0 Å². The van der Waals surface area contributed by atoms with E-state index in [0.717, 1.165) is 29.9 Å². The summed E-state index contributed by atoms with van der Waals surface area (Å²) in [4.78, 5) is 2.18. The summed E-state index contributed by atoms with van der Waals surface area (Å²) in [5.74, 6) is 1.06. The zero-order valence-corrected chi connectivity index (χ0v) is 13.4. The number of hydrogen-bond acceptors (Lipinski definition) is 4. The minimum Gasteiger partial charge on any atom is -0.492 e. The molecule has 3 N–H and O–H groups in total. The molecule has 0 atom stereocenters. The van der Waals surface area contributed by atoms with Gasteiger partial charge in [0, 0.05) is 37.6 Å². The van der Waals surface area contributed by atoms with Gasteiger partial charge in [0.25, 0.3) is 0 Å². The summed E-state index contributed by atoms with van der Waals surface area (Å²) in [6.07, 6.45) is 0.571. The van der Waals surface area contributed by atoms with E-state index < -0.39 is 0 Å². The third-order valence-corrected chi connectivity index (χ3v) is 3.33. The lowest BCUT2D eigenvalue weighted by atomic mass is 10.3. The van der Waals surface area contributed by atoms with Gasteiger partial charge in [-0.25, -0.2) is 0 Å². The minimum atomic E-state index is 0.209. The molecule has 0 fully saturated rings. The monoisotopic (exact) mass is 343 g/mol. The van der Waals surface area contributed by atoms with Gasteiger partial charge < -0.3 is 15.2 Å². The second kappa shape index (κ2) is 9.74. The standard InChI is InChI=1S/C14H22BrN3O2/c1-19-10-8-18(7-6-14(16)17)9-11-20-13-4-2-12(15)3-5-13/h2-5H,6-11H2,1H3,(H3,16,17). The highest BCUT2D eigenvalue weighted by Crippen LogP contribution is 2.15. The number of amidine groups is 1. The molecule has 0 unspecified atom stereocenters. The molecule has 1 aromatic rings. The number of hydrogen-bond donors (Lipinski definition) is 2. The van der Waals surface area contributed by atoms with Gasteiger partial charge in [0.05, 0.1) is 12.4 Å². The van der Waals surface area contributed by atoms with Crippen molar-refractivity contribution in [1.82, 2.24) is 4.90 Å². The predicted molar refractivity (Wildman–Crippen MR) is 84.5 cm³/mol. The van der Waals surface area contributed by atoms with Gasteiger partial charge in [0.1, 0.15) is 12.4 Å². The Morgan fingerprint density at radius 2 is 1.85 bits per heavy atom. The Balaban J connectivity index is 2.32. The summed E-state index contributed by atoms with van der Waals surface area (Å²) in [6, 6.07) is 7.76. The van der Waals surface area contributed by atoms with Gasteiger partial charge in [-0.3, -0.25) is 10.3 Å². The molecule has 6 heteroatoms. The lowest BCUT2D eigenvalue weighted by Gasteiger charge is -2.21. The van der Waals surface area contributed by atoms with Gasteiger partial charge in [-0.15, -0.1) is 0 Å². The predicted octanol–water partition coefficient (Wildman–Crippen LogP) is 2.10. The first-order chi connectivity index (χ1) is 9.61. The second-order valence-electron chi connectivity index (χ2n) is 4.41. The van der Waals surface area contributed by atoms with E-state index in [1.54, 1.807) is 7.11 Å². The summed E-state index contributed by atoms with van der Waals surface area (Å²) in [5, 5.41) is 7.28. The molecule has 0 spiro atoms. The van der Waals surface area contributed by atoms with Crippen molar-refractivity contribution in [2.24, 2.45) is 5.73 Å². The molecule has 112 valence electrons. The molecule has 5 nitrogen and oxygen atoms in total. The van der Waals surface area contributed by atoms with Crippen LogP contribution in [0.5, 0.6) is 5.75 Å². The third-order valence-electron chi connectivity index (χ3n) is 2.80. The number of methoxy groups -OCH3 is 1. The quantitative estimate of drug-likeness (QED) is 0.504. The van der Waals surface area contributed by atoms with Crippen LogP contribution in [0.2, 0.25) is 0 Å². The first kappa shape index (κ1) is 16.9. The maximum atomic E-state index is 7.28. The molecule has 0 radical (unpaired) electrons. The van der Waals surface area contributed by atoms with Crippen molar-refractivity contribution in [2.75, 3.05) is 40.0 Å². The number of halogens is 1. The van der Waals surface area contributed by atoms with Gasteiger partial charge in [0.15, 0.2) is 0 Å². The van der Waals surface area contributed by atoms with Gasteiger partial charge in [-0.2, -0.15) is 0 Å². The molecule has 20 heavy (non-hydrogen) atoms. The lowest BCUT2D eigenvalue weighted by molar-refractivity contribution is 0.136. The van der Waals surface area contributed by atoms with Crippen LogP contribution in [0, 0.1) is 5.41 Å². The van der Waals surface area contributed by atoms with Crippen LogP contribution in [0.4, 0.5) is 0 Å². The van der Waals surface area contributed by atoms with E-state index in [4.69, 9.17) is 20.6 Å². The van der Waals surface area contributed by atoms with Crippen molar-refractivity contribution in [3.8, 4) is 5.75 Å². The Hall–Kier alpha value is -1.11. The summed E-state index contributed by atoms with van der Waals surface area (Å²) < 4.78 is 11.8. The first-order valence-electron chi connectivity index (χ1n) is 6.54. The van der Waals surface area contributed by atoms with Crippen LogP contribution in [0.25, 0.3) is 0 Å². The van der Waals surface area contributed by atoms with E-state index in [9.17, 15) is 0 Å². The fourth-order valence-electron chi connectivity index (χ4n) is 1.66. The van der Waals surface area contributed by atoms with Crippen molar-refractivity contribution >= 4 is 21.8 Å². The van der Waals surface area contributed by atoms with Crippen LogP contribution in [-0.4, -0.2) is 50.7 Å². The fraction of sp³-hybridized carbons (Fsp3) is 0.500. The molecule has 0 heterocycles. The third kappa shape index (κ3) is 7.47. The number of nitrogens with two attached hydrogens (primary N) is 1. The highest BCUT2D eigenvalue weighted by Gasteiger charge is 2.06. The summed E-state index contributed by atoms with van der Waals surface area (Å²) >= 11 is 3.39. The smallest absolute Gasteiger partial charge is 0.119 e. The van der Waals surface area contributed by atoms with E-state index in [-0.39, 0.29) is 5.84 Å². The molecule has 0 saturated carbocycles. The van der Waals surface area contributed by atoms with E-state index in [0.29, 0.717) is 19.6 Å². The van der Waals surface area contributed by atoms with Crippen molar-refractivity contribution in [3.63, 3.8) is 0 Å². The van der Waals surface area contributed by atoms with Gasteiger partial charge in [-0.1, -0.05) is 15.9 Å². The number of benzene rings is 1. The normalized spacial score (nSPS) is 10.8. The van der Waals surface area contributed by atoms with E-state index in [2.05, 4.69) is 20.8 Å². The molecule has 1 aromatic carbocycles. The average molecular weight is 344 g/mol. The van der Waals surface area contributed by atoms with Crippen LogP contribution < -0.4 is 10.5 Å². The van der Waals surface area contributed by atoms with Crippen molar-refractivity contribution < 1.29 is 9.47 Å². The van der Waals surface area contributed by atoms with Gasteiger partial charge >= 0.3 is 0 Å². The maximum Gasteiger partial charge on any atom is 0.119 e. The number of rotatable bonds is 10. The van der Waals surface area contributed by atoms with Crippen LogP contribution in [-0.2, 0) is 4.74 Å². The minimum absolute atomic E-state index is 0.209. The first-order valence-corrected chi connectivity index (χ1v) is 7.33. The summed E-state index contributed by atoms with van der Waals surface area (Å²) in [5.41, 5.74) is 5.39. The topological polar surface area (TPSA) is 71.6 Å². The Morgan fingerprint density at radius 3 is 2.45 bits per heavy atom. The SMILES string of the molecule is COCCN(CCOc1ccc(Br)cc1)CCC(=N)N. The average Bonchev–Trinajstić information content (AvgIpc) is 2.43. The fourth-order valence-corrected chi connectivity index (χ4v) is 1.92. The number of ether oxygens (including phenoxy) is 2. The molecule has 0 aliphatic carbocycles. The number of nitrogens with zero attached hydrogens (tertiary/aromatic N) is 1. The van der Waals surface area contributed by atoms with Crippen LogP contribution in [0.15, 0.2) is 28.7 Å². The summed E-state index contributed by atoms with van der Waals surface area (Å²) in [6.45, 7) is 3.61. The Labute approximate surface area is 128 Å². The Morgan fingerprint density at radius 1 is 1.20 bits per heavy atom. The van der Waals surface area contributed by atoms with Gasteiger partial charge in [-0.05, 0) is 24.3 Å². The molecule has 0 bridgehead atoms. The Bertz CT molecular complexity index is 398. The number of nitrogens with one attached hydrogen (secondary N) is 1. The molecule has 0 amide bonds. The van der Waals surface area contributed by atoms with E-state index in [1.165, 1.54) is 0 Å². The van der Waals surface area contributed by atoms with Gasteiger partial charge in [0.2, 0.25) is 0 Å². The molecule has 1 rings (SSSR count). The van der Waals surface area contributed by atoms with E-state index >= 15 is 0 Å². The molecular formula is C14H22BrN3O2. The Kier molecular flexibility index (Phi) is 8.25. The molecule has 0 aromatic heterocycles. The van der Waals surface area contributed by atoms with Crippen LogP contribution in [0.1, 0.15) is 6.42 Å². The van der Waals surface area contributed by atoms with Crippen molar-refractivity contribution in [2.45, 2.75) is 6.42 Å². The molecule has 0 aliphatic heterocycles. The lowest BCUT2D eigenvalue weighted by Crippen LogP contribution is -2.34. The van der Waals surface area contributed by atoms with Crippen molar-refractivity contribution in [1.29, 1.82) is 5.41 Å². The largest absolute Gasteiger partial charge is 0.492 e.